The van der Waals surface area contributed by atoms with Crippen LogP contribution in [-0.4, -0.2) is 48.6 Å². The Kier molecular flexibility index (Phi) is 8.19. The molecule has 0 aromatic carbocycles. The summed E-state index contributed by atoms with van der Waals surface area (Å²) in [4.78, 5) is 25.1. The maximum Gasteiger partial charge on any atom is 0.286 e. The van der Waals surface area contributed by atoms with E-state index in [1.807, 2.05) is 0 Å². The van der Waals surface area contributed by atoms with E-state index in [1.165, 1.54) is 6.26 Å². The van der Waals surface area contributed by atoms with Crippen LogP contribution in [0.15, 0.2) is 22.8 Å². The zero-order chi connectivity index (χ0) is 15.5. The highest BCUT2D eigenvalue weighted by Gasteiger charge is 2.10. The van der Waals surface area contributed by atoms with E-state index in [1.54, 1.807) is 24.1 Å². The lowest BCUT2D eigenvalue weighted by Gasteiger charge is -2.17. The molecule has 2 N–H and O–H groups in total. The molecule has 0 bridgehead atoms. The second-order valence-electron chi connectivity index (χ2n) is 4.94. The molecule has 0 unspecified atom stereocenters. The fourth-order valence-corrected chi connectivity index (χ4v) is 1.89. The van der Waals surface area contributed by atoms with Gasteiger partial charge in [0.15, 0.2) is 5.76 Å². The van der Waals surface area contributed by atoms with Gasteiger partial charge in [0, 0.05) is 33.2 Å². The minimum atomic E-state index is -0.259. The summed E-state index contributed by atoms with van der Waals surface area (Å²) in [5.41, 5.74) is 0. The zero-order valence-electron chi connectivity index (χ0n) is 12.5. The average molecular weight is 296 g/mol. The molecule has 6 heteroatoms. The molecule has 1 aromatic heterocycles. The summed E-state index contributed by atoms with van der Waals surface area (Å²) >= 11 is 0. The van der Waals surface area contributed by atoms with Gasteiger partial charge < -0.3 is 19.7 Å². The van der Waals surface area contributed by atoms with Crippen molar-refractivity contribution in [3.8, 4) is 0 Å². The predicted octanol–water partition coefficient (Wildman–Crippen LogP) is 1.41. The smallest absolute Gasteiger partial charge is 0.286 e. The fourth-order valence-electron chi connectivity index (χ4n) is 1.89. The Labute approximate surface area is 125 Å². The minimum absolute atomic E-state index is 0.0752. The van der Waals surface area contributed by atoms with Crippen molar-refractivity contribution in [2.45, 2.75) is 32.1 Å². The first-order chi connectivity index (χ1) is 10.1. The minimum Gasteiger partial charge on any atom is -0.459 e. The molecule has 0 saturated heterocycles. The number of carbonyl (C=O) groups excluding carboxylic acids is 2. The van der Waals surface area contributed by atoms with Gasteiger partial charge in [0.05, 0.1) is 6.26 Å². The van der Waals surface area contributed by atoms with Crippen LogP contribution in [0.4, 0.5) is 0 Å². The van der Waals surface area contributed by atoms with Gasteiger partial charge in [-0.3, -0.25) is 9.59 Å². The van der Waals surface area contributed by atoms with Crippen molar-refractivity contribution >= 4 is 11.8 Å². The first-order valence-corrected chi connectivity index (χ1v) is 7.31. The molecule has 6 nitrogen and oxygen atoms in total. The van der Waals surface area contributed by atoms with Crippen molar-refractivity contribution in [2.24, 2.45) is 0 Å². The van der Waals surface area contributed by atoms with Crippen LogP contribution in [0.5, 0.6) is 0 Å². The zero-order valence-corrected chi connectivity index (χ0v) is 12.5. The normalized spacial score (nSPS) is 10.4. The molecule has 0 aliphatic heterocycles. The van der Waals surface area contributed by atoms with E-state index in [0.29, 0.717) is 25.9 Å². The topological polar surface area (TPSA) is 82.8 Å². The summed E-state index contributed by atoms with van der Waals surface area (Å²) in [7, 11) is 1.78. The molecule has 2 amide bonds. The van der Waals surface area contributed by atoms with Crippen molar-refractivity contribution in [3.05, 3.63) is 24.2 Å². The van der Waals surface area contributed by atoms with Crippen LogP contribution >= 0.6 is 0 Å². The summed E-state index contributed by atoms with van der Waals surface area (Å²) < 4.78 is 4.97. The third-order valence-electron chi connectivity index (χ3n) is 3.18. The Morgan fingerprint density at radius 1 is 1.29 bits per heavy atom. The number of hydrogen-bond acceptors (Lipinski definition) is 4. The molecule has 21 heavy (non-hydrogen) atoms. The third kappa shape index (κ3) is 6.94. The number of nitrogens with one attached hydrogen (secondary N) is 1. The molecular formula is C15H24N2O4. The number of amides is 2. The van der Waals surface area contributed by atoms with Crippen LogP contribution < -0.4 is 5.32 Å². The van der Waals surface area contributed by atoms with Gasteiger partial charge in [-0.25, -0.2) is 0 Å². The van der Waals surface area contributed by atoms with Gasteiger partial charge >= 0.3 is 0 Å². The maximum absolute atomic E-state index is 11.8. The molecule has 118 valence electrons. The highest BCUT2D eigenvalue weighted by atomic mass is 16.3. The van der Waals surface area contributed by atoms with Crippen molar-refractivity contribution in [2.75, 3.05) is 26.7 Å². The van der Waals surface area contributed by atoms with Gasteiger partial charge in [-0.05, 0) is 37.8 Å². The number of furan rings is 1. The molecule has 0 fully saturated rings. The molecule has 1 rings (SSSR count). The molecular weight excluding hydrogens is 272 g/mol. The summed E-state index contributed by atoms with van der Waals surface area (Å²) in [6.07, 6.45) is 5.07. The van der Waals surface area contributed by atoms with Crippen LogP contribution in [0.1, 0.15) is 42.7 Å². The standard InChI is InChI=1S/C15H24N2O4/c1-17(10-3-2-4-11-18)14(19)8-5-9-16-15(20)13-7-6-12-21-13/h6-7,12,18H,2-5,8-11H2,1H3,(H,16,20). The van der Waals surface area contributed by atoms with Gasteiger partial charge in [0.25, 0.3) is 5.91 Å². The molecule has 0 atom stereocenters. The fraction of sp³-hybridized carbons (Fsp3) is 0.600. The van der Waals surface area contributed by atoms with E-state index in [-0.39, 0.29) is 24.2 Å². The van der Waals surface area contributed by atoms with E-state index < -0.39 is 0 Å². The van der Waals surface area contributed by atoms with Crippen LogP contribution in [0.3, 0.4) is 0 Å². The quantitative estimate of drug-likeness (QED) is 0.640. The maximum atomic E-state index is 11.8. The highest BCUT2D eigenvalue weighted by molar-refractivity contribution is 5.91. The average Bonchev–Trinajstić information content (AvgIpc) is 3.01. The monoisotopic (exact) mass is 296 g/mol. The molecule has 0 aliphatic rings. The number of carbonyl (C=O) groups is 2. The van der Waals surface area contributed by atoms with E-state index >= 15 is 0 Å². The van der Waals surface area contributed by atoms with Crippen molar-refractivity contribution in [1.82, 2.24) is 10.2 Å². The summed E-state index contributed by atoms with van der Waals surface area (Å²) in [6, 6.07) is 3.25. The van der Waals surface area contributed by atoms with Crippen LogP contribution in [-0.2, 0) is 4.79 Å². The number of aliphatic hydroxyl groups excluding tert-OH is 1. The van der Waals surface area contributed by atoms with E-state index in [4.69, 9.17) is 9.52 Å². The Bertz CT molecular complexity index is 417. The first kappa shape index (κ1) is 17.2. The van der Waals surface area contributed by atoms with Gasteiger partial charge in [-0.2, -0.15) is 0 Å². The van der Waals surface area contributed by atoms with Crippen molar-refractivity contribution in [3.63, 3.8) is 0 Å². The van der Waals surface area contributed by atoms with Crippen molar-refractivity contribution in [1.29, 1.82) is 0 Å². The van der Waals surface area contributed by atoms with E-state index in [2.05, 4.69) is 5.32 Å². The predicted molar refractivity (Wildman–Crippen MR) is 78.8 cm³/mol. The summed E-state index contributed by atoms with van der Waals surface area (Å²) in [6.45, 7) is 1.36. The molecule has 0 radical (unpaired) electrons. The summed E-state index contributed by atoms with van der Waals surface area (Å²) in [5, 5.41) is 11.4. The molecule has 0 saturated carbocycles. The Balaban J connectivity index is 2.08. The number of rotatable bonds is 10. The number of nitrogens with zero attached hydrogens (tertiary/aromatic N) is 1. The number of unbranched alkanes of at least 4 members (excludes halogenated alkanes) is 2. The third-order valence-corrected chi connectivity index (χ3v) is 3.18. The van der Waals surface area contributed by atoms with Gasteiger partial charge in [-0.1, -0.05) is 0 Å². The Morgan fingerprint density at radius 2 is 2.10 bits per heavy atom. The van der Waals surface area contributed by atoms with Crippen LogP contribution in [0.2, 0.25) is 0 Å². The Morgan fingerprint density at radius 3 is 2.76 bits per heavy atom. The highest BCUT2D eigenvalue weighted by Crippen LogP contribution is 2.02. The Hall–Kier alpha value is -1.82. The molecule has 0 spiro atoms. The first-order valence-electron chi connectivity index (χ1n) is 7.31. The van der Waals surface area contributed by atoms with Crippen molar-refractivity contribution < 1.29 is 19.1 Å². The number of hydrogen-bond donors (Lipinski definition) is 2. The molecule has 0 aliphatic carbocycles. The molecule has 1 aromatic rings. The van der Waals surface area contributed by atoms with E-state index in [0.717, 1.165) is 19.3 Å². The lowest BCUT2D eigenvalue weighted by molar-refractivity contribution is -0.130. The van der Waals surface area contributed by atoms with Gasteiger partial charge in [0.2, 0.25) is 5.91 Å². The molecule has 1 heterocycles. The van der Waals surface area contributed by atoms with Crippen LogP contribution in [0.25, 0.3) is 0 Å². The number of aliphatic hydroxyl groups is 1. The second kappa shape index (κ2) is 9.99. The van der Waals surface area contributed by atoms with Gasteiger partial charge in [-0.15, -0.1) is 0 Å². The van der Waals surface area contributed by atoms with Gasteiger partial charge in [0.1, 0.15) is 0 Å². The summed E-state index contributed by atoms with van der Waals surface area (Å²) in [5.74, 6) is 0.0957. The largest absolute Gasteiger partial charge is 0.459 e. The lowest BCUT2D eigenvalue weighted by atomic mass is 10.2. The SMILES string of the molecule is CN(CCCCCO)C(=O)CCCNC(=O)c1ccco1. The van der Waals surface area contributed by atoms with E-state index in [9.17, 15) is 9.59 Å². The van der Waals surface area contributed by atoms with Crippen LogP contribution in [0, 0.1) is 0 Å². The lowest BCUT2D eigenvalue weighted by Crippen LogP contribution is -2.29. The second-order valence-corrected chi connectivity index (χ2v) is 4.94.